The number of nitrogens with one attached hydrogen (secondary N) is 1. The Labute approximate surface area is 172 Å². The minimum Gasteiger partial charge on any atom is -0.465 e. The maximum atomic E-state index is 13.4. The van der Waals surface area contributed by atoms with Crippen LogP contribution in [0.15, 0.2) is 65.6 Å². The van der Waals surface area contributed by atoms with Gasteiger partial charge in [0.2, 0.25) is 10.0 Å². The van der Waals surface area contributed by atoms with E-state index in [0.717, 1.165) is 9.87 Å². The van der Waals surface area contributed by atoms with Crippen molar-refractivity contribution in [2.75, 3.05) is 13.1 Å². The van der Waals surface area contributed by atoms with Gasteiger partial charge >= 0.3 is 6.09 Å². The van der Waals surface area contributed by atoms with Gasteiger partial charge in [0.1, 0.15) is 5.72 Å². The number of sulfonamides is 1. The van der Waals surface area contributed by atoms with Crippen LogP contribution in [0, 0.1) is 5.92 Å². The number of amides is 1. The summed E-state index contributed by atoms with van der Waals surface area (Å²) in [6.45, 7) is 3.74. The first-order chi connectivity index (χ1) is 13.6. The number of carbonyl (C=O) groups is 1. The number of nitrogens with zero attached hydrogens (tertiary/aromatic N) is 1. The molecule has 0 fully saturated rings. The molecule has 2 aromatic carbocycles. The van der Waals surface area contributed by atoms with Gasteiger partial charge in [0.15, 0.2) is 0 Å². The summed E-state index contributed by atoms with van der Waals surface area (Å²) < 4.78 is 28.0. The van der Waals surface area contributed by atoms with Gasteiger partial charge < -0.3 is 15.5 Å². The Kier molecular flexibility index (Phi) is 7.78. The van der Waals surface area contributed by atoms with Crippen molar-refractivity contribution >= 4 is 16.1 Å². The summed E-state index contributed by atoms with van der Waals surface area (Å²) in [6, 6.07) is 17.0. The Hall–Kier alpha value is -2.42. The predicted molar refractivity (Wildman–Crippen MR) is 111 cm³/mol. The molecule has 0 heterocycles. The minimum absolute atomic E-state index is 0.0356. The molecule has 0 saturated carbocycles. The summed E-state index contributed by atoms with van der Waals surface area (Å²) in [5.74, 6) is -0.0526. The van der Waals surface area contributed by atoms with Crippen molar-refractivity contribution in [3.8, 4) is 0 Å². The van der Waals surface area contributed by atoms with Crippen molar-refractivity contribution < 1.29 is 23.4 Å². The van der Waals surface area contributed by atoms with Gasteiger partial charge in [-0.2, -0.15) is 4.31 Å². The van der Waals surface area contributed by atoms with Gasteiger partial charge in [-0.05, 0) is 23.6 Å². The van der Waals surface area contributed by atoms with Crippen LogP contribution < -0.4 is 5.32 Å². The molecular formula is C21H28N2O5S. The quantitative estimate of drug-likeness (QED) is 0.512. The molecule has 1 unspecified atom stereocenters. The highest BCUT2D eigenvalue weighted by Crippen LogP contribution is 2.30. The fourth-order valence-electron chi connectivity index (χ4n) is 3.14. The lowest BCUT2D eigenvalue weighted by Crippen LogP contribution is -2.55. The van der Waals surface area contributed by atoms with E-state index in [2.05, 4.69) is 5.32 Å². The maximum absolute atomic E-state index is 13.4. The van der Waals surface area contributed by atoms with Crippen LogP contribution in [0.2, 0.25) is 0 Å². The number of carboxylic acid groups (broad SMARTS) is 1. The lowest BCUT2D eigenvalue weighted by atomic mass is 9.98. The van der Waals surface area contributed by atoms with Gasteiger partial charge in [-0.15, -0.1) is 0 Å². The molecule has 1 amide bonds. The third-order valence-electron chi connectivity index (χ3n) is 4.46. The lowest BCUT2D eigenvalue weighted by Gasteiger charge is -2.40. The molecule has 3 N–H and O–H groups in total. The largest absolute Gasteiger partial charge is 0.465 e. The number of hydrogen-bond acceptors (Lipinski definition) is 4. The number of rotatable bonds is 10. The van der Waals surface area contributed by atoms with Crippen LogP contribution >= 0.6 is 0 Å². The van der Waals surface area contributed by atoms with Crippen LogP contribution in [0.5, 0.6) is 0 Å². The van der Waals surface area contributed by atoms with Crippen molar-refractivity contribution in [1.82, 2.24) is 9.62 Å². The first kappa shape index (κ1) is 22.9. The van der Waals surface area contributed by atoms with Crippen LogP contribution in [-0.4, -0.2) is 47.8 Å². The van der Waals surface area contributed by atoms with Gasteiger partial charge in [0, 0.05) is 25.9 Å². The van der Waals surface area contributed by atoms with E-state index in [1.54, 1.807) is 30.3 Å². The zero-order valence-corrected chi connectivity index (χ0v) is 17.5. The molecule has 0 aliphatic carbocycles. The third kappa shape index (κ3) is 6.28. The zero-order chi connectivity index (χ0) is 21.5. The molecule has 29 heavy (non-hydrogen) atoms. The molecule has 0 bridgehead atoms. The monoisotopic (exact) mass is 420 g/mol. The molecule has 1 atom stereocenters. The minimum atomic E-state index is -4.02. The fraction of sp³-hybridized carbons (Fsp3) is 0.381. The molecule has 0 aliphatic heterocycles. The van der Waals surface area contributed by atoms with Gasteiger partial charge in [0.25, 0.3) is 0 Å². The normalized spacial score (nSPS) is 14.0. The van der Waals surface area contributed by atoms with Gasteiger partial charge in [0.05, 0.1) is 4.90 Å². The Morgan fingerprint density at radius 2 is 1.62 bits per heavy atom. The second-order valence-electron chi connectivity index (χ2n) is 7.37. The average molecular weight is 421 g/mol. The van der Waals surface area contributed by atoms with Crippen LogP contribution in [0.1, 0.15) is 25.8 Å². The Bertz CT molecular complexity index is 888. The number of aliphatic hydroxyl groups is 1. The van der Waals surface area contributed by atoms with E-state index in [1.807, 2.05) is 32.0 Å². The molecule has 0 radical (unpaired) electrons. The maximum Gasteiger partial charge on any atom is 0.404 e. The van der Waals surface area contributed by atoms with Crippen LogP contribution in [0.25, 0.3) is 0 Å². The second-order valence-corrected chi connectivity index (χ2v) is 9.23. The molecule has 8 heteroatoms. The molecule has 7 nitrogen and oxygen atoms in total. The number of benzene rings is 2. The van der Waals surface area contributed by atoms with Crippen molar-refractivity contribution in [3.05, 3.63) is 66.2 Å². The highest BCUT2D eigenvalue weighted by Gasteiger charge is 2.42. The molecule has 2 aromatic rings. The van der Waals surface area contributed by atoms with Gasteiger partial charge in [-0.3, -0.25) is 0 Å². The van der Waals surface area contributed by atoms with Gasteiger partial charge in [-0.25, -0.2) is 13.2 Å². The van der Waals surface area contributed by atoms with E-state index in [1.165, 1.54) is 12.1 Å². The Morgan fingerprint density at radius 1 is 1.07 bits per heavy atom. The van der Waals surface area contributed by atoms with Crippen LogP contribution in [0.3, 0.4) is 0 Å². The first-order valence-corrected chi connectivity index (χ1v) is 10.9. The van der Waals surface area contributed by atoms with E-state index in [0.29, 0.717) is 0 Å². The highest BCUT2D eigenvalue weighted by atomic mass is 32.2. The van der Waals surface area contributed by atoms with E-state index >= 15 is 0 Å². The number of hydrogen-bond donors (Lipinski definition) is 3. The van der Waals surface area contributed by atoms with E-state index in [9.17, 15) is 18.3 Å². The fourth-order valence-corrected chi connectivity index (χ4v) is 4.99. The molecule has 2 rings (SSSR count). The SMILES string of the molecule is CC(C)CN(C(O)(CCNC(=O)O)Cc1ccccc1)S(=O)(=O)c1ccccc1. The van der Waals surface area contributed by atoms with Crippen molar-refractivity contribution in [1.29, 1.82) is 0 Å². The smallest absolute Gasteiger partial charge is 0.404 e. The Morgan fingerprint density at radius 3 is 2.14 bits per heavy atom. The van der Waals surface area contributed by atoms with Crippen LogP contribution in [0.4, 0.5) is 4.79 Å². The summed E-state index contributed by atoms with van der Waals surface area (Å²) in [6.07, 6.45) is -1.28. The summed E-state index contributed by atoms with van der Waals surface area (Å²) in [4.78, 5) is 11.0. The highest BCUT2D eigenvalue weighted by molar-refractivity contribution is 7.89. The lowest BCUT2D eigenvalue weighted by molar-refractivity contribution is -0.0701. The van der Waals surface area contributed by atoms with Crippen molar-refractivity contribution in [2.45, 2.75) is 37.3 Å². The summed E-state index contributed by atoms with van der Waals surface area (Å²) in [5, 5.41) is 22.7. The molecular weight excluding hydrogens is 392 g/mol. The second kappa shape index (κ2) is 9.87. The first-order valence-electron chi connectivity index (χ1n) is 9.46. The summed E-state index contributed by atoms with van der Waals surface area (Å²) in [7, 11) is -4.02. The molecule has 158 valence electrons. The standard InChI is InChI=1S/C21H28N2O5S/c1-17(2)16-23(29(27,28)19-11-7-4-8-12-19)21(26,13-14-22-20(24)25)15-18-9-5-3-6-10-18/h3-12,17,22,26H,13-16H2,1-2H3,(H,24,25). The Balaban J connectivity index is 2.49. The molecule has 0 spiro atoms. The zero-order valence-electron chi connectivity index (χ0n) is 16.7. The summed E-state index contributed by atoms with van der Waals surface area (Å²) in [5.41, 5.74) is -1.05. The average Bonchev–Trinajstić information content (AvgIpc) is 2.67. The van der Waals surface area contributed by atoms with Gasteiger partial charge in [-0.1, -0.05) is 62.4 Å². The van der Waals surface area contributed by atoms with Crippen LogP contribution in [-0.2, 0) is 16.4 Å². The topological polar surface area (TPSA) is 107 Å². The molecule has 0 saturated heterocycles. The summed E-state index contributed by atoms with van der Waals surface area (Å²) >= 11 is 0. The van der Waals surface area contributed by atoms with E-state index < -0.39 is 21.8 Å². The third-order valence-corrected chi connectivity index (χ3v) is 6.40. The van der Waals surface area contributed by atoms with Crippen molar-refractivity contribution in [3.63, 3.8) is 0 Å². The molecule has 0 aromatic heterocycles. The van der Waals surface area contributed by atoms with E-state index in [-0.39, 0.29) is 36.7 Å². The molecule has 0 aliphatic rings. The predicted octanol–water partition coefficient (Wildman–Crippen LogP) is 2.92. The van der Waals surface area contributed by atoms with E-state index in [4.69, 9.17) is 5.11 Å². The van der Waals surface area contributed by atoms with Crippen molar-refractivity contribution in [2.24, 2.45) is 5.92 Å².